The highest BCUT2D eigenvalue weighted by Gasteiger charge is 2.26. The number of para-hydroxylation sites is 1. The number of hydrogen-bond acceptors (Lipinski definition) is 5. The summed E-state index contributed by atoms with van der Waals surface area (Å²) in [6.45, 7) is 0.0492. The fourth-order valence-electron chi connectivity index (χ4n) is 2.95. The van der Waals surface area contributed by atoms with Gasteiger partial charge in [-0.15, -0.1) is 5.10 Å². The number of esters is 1. The van der Waals surface area contributed by atoms with Crippen molar-refractivity contribution in [3.8, 4) is 0 Å². The van der Waals surface area contributed by atoms with Gasteiger partial charge in [0.2, 0.25) is 5.78 Å². The van der Waals surface area contributed by atoms with Crippen LogP contribution in [0.5, 0.6) is 0 Å². The van der Waals surface area contributed by atoms with Crippen molar-refractivity contribution in [1.82, 2.24) is 15.0 Å². The Labute approximate surface area is 171 Å². The van der Waals surface area contributed by atoms with Crippen LogP contribution in [-0.2, 0) is 11.3 Å². The number of halogens is 1. The Morgan fingerprint density at radius 2 is 1.59 bits per heavy atom. The van der Waals surface area contributed by atoms with Crippen molar-refractivity contribution in [3.05, 3.63) is 95.0 Å². The standard InChI is InChI=1S/C22H16ClN3O3/c23-17-12-10-16(11-13-17)22(28)29-20(21(27)15-6-2-1-3-7-15)14-26-19-9-5-4-8-18(19)24-25-26/h1-13,20H,14H2/t20-/m0/s1. The van der Waals surface area contributed by atoms with Crippen LogP contribution in [0, 0.1) is 0 Å². The van der Waals surface area contributed by atoms with Crippen LogP contribution in [0.15, 0.2) is 78.9 Å². The second kappa shape index (κ2) is 8.24. The molecule has 1 atom stereocenters. The smallest absolute Gasteiger partial charge is 0.338 e. The monoisotopic (exact) mass is 405 g/mol. The zero-order valence-corrected chi connectivity index (χ0v) is 16.0. The largest absolute Gasteiger partial charge is 0.448 e. The number of nitrogens with zero attached hydrogens (tertiary/aromatic N) is 3. The molecule has 0 radical (unpaired) electrons. The van der Waals surface area contributed by atoms with E-state index in [9.17, 15) is 9.59 Å². The Hall–Kier alpha value is -3.51. The number of benzene rings is 3. The molecule has 4 aromatic rings. The van der Waals surface area contributed by atoms with Crippen molar-refractivity contribution in [3.63, 3.8) is 0 Å². The molecule has 0 saturated heterocycles. The molecule has 6 nitrogen and oxygen atoms in total. The third-order valence-electron chi connectivity index (χ3n) is 4.44. The Morgan fingerprint density at radius 3 is 2.34 bits per heavy atom. The Kier molecular flexibility index (Phi) is 5.35. The molecule has 0 aliphatic carbocycles. The Morgan fingerprint density at radius 1 is 0.897 bits per heavy atom. The minimum Gasteiger partial charge on any atom is -0.448 e. The number of fused-ring (bicyclic) bond motifs is 1. The van der Waals surface area contributed by atoms with E-state index in [2.05, 4.69) is 10.3 Å². The number of rotatable bonds is 6. The van der Waals surface area contributed by atoms with Crippen LogP contribution in [0.4, 0.5) is 0 Å². The molecule has 0 bridgehead atoms. The van der Waals surface area contributed by atoms with Gasteiger partial charge in [0.25, 0.3) is 0 Å². The summed E-state index contributed by atoms with van der Waals surface area (Å²) in [7, 11) is 0. The van der Waals surface area contributed by atoms with E-state index in [1.807, 2.05) is 30.3 Å². The van der Waals surface area contributed by atoms with Gasteiger partial charge < -0.3 is 4.74 Å². The van der Waals surface area contributed by atoms with Gasteiger partial charge in [-0.05, 0) is 36.4 Å². The first-order chi connectivity index (χ1) is 14.1. The van der Waals surface area contributed by atoms with Gasteiger partial charge in [0.15, 0.2) is 6.10 Å². The van der Waals surface area contributed by atoms with Crippen LogP contribution in [0.1, 0.15) is 20.7 Å². The number of aromatic nitrogens is 3. The second-order valence-corrected chi connectivity index (χ2v) is 6.83. The van der Waals surface area contributed by atoms with Gasteiger partial charge in [0.1, 0.15) is 5.52 Å². The molecular weight excluding hydrogens is 390 g/mol. The highest BCUT2D eigenvalue weighted by Crippen LogP contribution is 2.16. The van der Waals surface area contributed by atoms with Crippen molar-refractivity contribution >= 4 is 34.4 Å². The first-order valence-corrected chi connectivity index (χ1v) is 9.33. The van der Waals surface area contributed by atoms with Gasteiger partial charge >= 0.3 is 5.97 Å². The maximum atomic E-state index is 13.1. The molecule has 1 aromatic heterocycles. The van der Waals surface area contributed by atoms with Crippen molar-refractivity contribution in [2.45, 2.75) is 12.6 Å². The van der Waals surface area contributed by atoms with E-state index >= 15 is 0 Å². The molecule has 1 heterocycles. The molecule has 3 aromatic carbocycles. The lowest BCUT2D eigenvalue weighted by atomic mass is 10.1. The molecule has 7 heteroatoms. The Bertz CT molecular complexity index is 1160. The van der Waals surface area contributed by atoms with Gasteiger partial charge in [0, 0.05) is 10.6 Å². The minimum atomic E-state index is -1.06. The summed E-state index contributed by atoms with van der Waals surface area (Å²) in [5.74, 6) is -0.923. The molecule has 0 aliphatic heterocycles. The fourth-order valence-corrected chi connectivity index (χ4v) is 3.08. The highest BCUT2D eigenvalue weighted by atomic mass is 35.5. The average molecular weight is 406 g/mol. The number of ketones is 1. The third kappa shape index (κ3) is 4.17. The molecule has 0 amide bonds. The van der Waals surface area contributed by atoms with Crippen molar-refractivity contribution in [1.29, 1.82) is 0 Å². The molecule has 29 heavy (non-hydrogen) atoms. The molecule has 4 rings (SSSR count). The first-order valence-electron chi connectivity index (χ1n) is 8.96. The zero-order chi connectivity index (χ0) is 20.2. The summed E-state index contributed by atoms with van der Waals surface area (Å²) in [6.07, 6.45) is -1.06. The van der Waals surface area contributed by atoms with Crippen LogP contribution in [0.25, 0.3) is 11.0 Å². The van der Waals surface area contributed by atoms with Crippen LogP contribution in [-0.4, -0.2) is 32.9 Å². The predicted molar refractivity (Wildman–Crippen MR) is 109 cm³/mol. The van der Waals surface area contributed by atoms with Gasteiger partial charge in [-0.2, -0.15) is 0 Å². The number of carbonyl (C=O) groups is 2. The normalized spacial score (nSPS) is 11.9. The maximum Gasteiger partial charge on any atom is 0.338 e. The summed E-state index contributed by atoms with van der Waals surface area (Å²) in [6, 6.07) is 22.4. The van der Waals surface area contributed by atoms with E-state index in [0.717, 1.165) is 5.52 Å². The van der Waals surface area contributed by atoms with Crippen molar-refractivity contribution in [2.24, 2.45) is 0 Å². The second-order valence-electron chi connectivity index (χ2n) is 6.39. The molecule has 0 N–H and O–H groups in total. The van der Waals surface area contributed by atoms with Crippen LogP contribution in [0.3, 0.4) is 0 Å². The van der Waals surface area contributed by atoms with E-state index < -0.39 is 12.1 Å². The number of hydrogen-bond donors (Lipinski definition) is 0. The summed E-state index contributed by atoms with van der Waals surface area (Å²) in [5, 5.41) is 8.71. The van der Waals surface area contributed by atoms with Gasteiger partial charge in [0.05, 0.1) is 17.6 Å². The fraction of sp³-hybridized carbons (Fsp3) is 0.0909. The summed E-state index contributed by atoms with van der Waals surface area (Å²) < 4.78 is 7.16. The first kappa shape index (κ1) is 18.8. The lowest BCUT2D eigenvalue weighted by Crippen LogP contribution is -2.32. The van der Waals surface area contributed by atoms with Gasteiger partial charge in [-0.1, -0.05) is 59.3 Å². The summed E-state index contributed by atoms with van der Waals surface area (Å²) in [5.41, 5.74) is 2.21. The lowest BCUT2D eigenvalue weighted by Gasteiger charge is -2.17. The van der Waals surface area contributed by atoms with Crippen LogP contribution in [0.2, 0.25) is 5.02 Å². The predicted octanol–water partition coefficient (Wildman–Crippen LogP) is 4.19. The van der Waals surface area contributed by atoms with Crippen LogP contribution < -0.4 is 0 Å². The molecule has 0 fully saturated rings. The molecule has 144 valence electrons. The van der Waals surface area contributed by atoms with E-state index in [4.69, 9.17) is 16.3 Å². The van der Waals surface area contributed by atoms with Crippen molar-refractivity contribution < 1.29 is 14.3 Å². The van der Waals surface area contributed by atoms with Gasteiger partial charge in [-0.25, -0.2) is 9.48 Å². The Balaban J connectivity index is 1.64. The summed E-state index contributed by atoms with van der Waals surface area (Å²) in [4.78, 5) is 25.7. The van der Waals surface area contributed by atoms with E-state index in [1.165, 1.54) is 0 Å². The van der Waals surface area contributed by atoms with Gasteiger partial charge in [-0.3, -0.25) is 4.79 Å². The molecular formula is C22H16ClN3O3. The van der Waals surface area contributed by atoms with E-state index in [-0.39, 0.29) is 12.3 Å². The molecule has 0 spiro atoms. The summed E-state index contributed by atoms with van der Waals surface area (Å²) >= 11 is 5.88. The quantitative estimate of drug-likeness (QED) is 0.355. The number of ether oxygens (including phenoxy) is 1. The van der Waals surface area contributed by atoms with E-state index in [1.54, 1.807) is 53.2 Å². The van der Waals surface area contributed by atoms with Crippen LogP contribution >= 0.6 is 11.6 Å². The zero-order valence-electron chi connectivity index (χ0n) is 15.2. The number of Topliss-reactive ketones (excluding diaryl/α,β-unsaturated/α-hetero) is 1. The number of carbonyl (C=O) groups excluding carboxylic acids is 2. The lowest BCUT2D eigenvalue weighted by molar-refractivity contribution is 0.0245. The third-order valence-corrected chi connectivity index (χ3v) is 4.69. The van der Waals surface area contributed by atoms with E-state index in [0.29, 0.717) is 21.7 Å². The highest BCUT2D eigenvalue weighted by molar-refractivity contribution is 6.30. The minimum absolute atomic E-state index is 0.0492. The maximum absolute atomic E-state index is 13.1. The molecule has 0 unspecified atom stereocenters. The van der Waals surface area contributed by atoms with Crippen molar-refractivity contribution in [2.75, 3.05) is 0 Å². The SMILES string of the molecule is O=C(O[C@@H](Cn1nnc2ccccc21)C(=O)c1ccccc1)c1ccc(Cl)cc1. The molecule has 0 aliphatic rings. The molecule has 0 saturated carbocycles. The average Bonchev–Trinajstić information content (AvgIpc) is 3.17. The topological polar surface area (TPSA) is 74.1 Å².